The van der Waals surface area contributed by atoms with Gasteiger partial charge in [-0.1, -0.05) is 37.3 Å². The number of ether oxygens (including phenoxy) is 1. The van der Waals surface area contributed by atoms with Crippen molar-refractivity contribution in [1.82, 2.24) is 0 Å². The molecule has 0 spiro atoms. The van der Waals surface area contributed by atoms with Crippen molar-refractivity contribution in [3.8, 4) is 5.75 Å². The molecular formula is C19H18O4S. The van der Waals surface area contributed by atoms with Gasteiger partial charge in [0.05, 0.1) is 10.6 Å². The van der Waals surface area contributed by atoms with Crippen LogP contribution in [-0.2, 0) is 14.6 Å². The molecule has 2 aromatic rings. The summed E-state index contributed by atoms with van der Waals surface area (Å²) >= 11 is 0. The monoisotopic (exact) mass is 342 g/mol. The number of carbonyl (C=O) groups is 1. The first kappa shape index (κ1) is 16.5. The number of benzene rings is 2. The fourth-order valence-electron chi connectivity index (χ4n) is 2.66. The summed E-state index contributed by atoms with van der Waals surface area (Å²) in [5.74, 6) is 1.01. The molecule has 1 aliphatic carbocycles. The Labute approximate surface area is 141 Å². The molecule has 0 bridgehead atoms. The summed E-state index contributed by atoms with van der Waals surface area (Å²) in [6.07, 6.45) is 1.01. The van der Waals surface area contributed by atoms with Gasteiger partial charge >= 0.3 is 0 Å². The molecule has 3 rings (SSSR count). The summed E-state index contributed by atoms with van der Waals surface area (Å²) in [6, 6.07) is 15.8. The molecule has 124 valence electrons. The van der Waals surface area contributed by atoms with E-state index in [0.717, 1.165) is 11.1 Å². The van der Waals surface area contributed by atoms with E-state index in [0.29, 0.717) is 29.2 Å². The van der Waals surface area contributed by atoms with E-state index in [9.17, 15) is 13.2 Å². The average molecular weight is 342 g/mol. The first-order valence-electron chi connectivity index (χ1n) is 7.83. The second-order valence-electron chi connectivity index (χ2n) is 5.57. The summed E-state index contributed by atoms with van der Waals surface area (Å²) in [7, 11) is -3.23. The molecule has 0 unspecified atom stereocenters. The highest BCUT2D eigenvalue weighted by Gasteiger charge is 2.26. The third kappa shape index (κ3) is 3.26. The Hall–Kier alpha value is -2.40. The number of carbonyl (C=O) groups excluding carboxylic acids is 1. The van der Waals surface area contributed by atoms with Crippen LogP contribution in [0.3, 0.4) is 0 Å². The Bertz CT molecular complexity index is 879. The lowest BCUT2D eigenvalue weighted by Crippen LogP contribution is -2.05. The Morgan fingerprint density at radius 1 is 0.958 bits per heavy atom. The van der Waals surface area contributed by atoms with Gasteiger partial charge in [-0.15, -0.1) is 0 Å². The third-order valence-corrected chi connectivity index (χ3v) is 5.78. The summed E-state index contributed by atoms with van der Waals surface area (Å²) in [5.41, 5.74) is 1.64. The minimum Gasteiger partial charge on any atom is -0.453 e. The van der Waals surface area contributed by atoms with E-state index in [4.69, 9.17) is 4.74 Å². The number of para-hydroxylation sites is 1. The molecule has 2 aromatic carbocycles. The van der Waals surface area contributed by atoms with Gasteiger partial charge in [0.25, 0.3) is 0 Å². The zero-order chi connectivity index (χ0) is 17.2. The number of sulfone groups is 1. The number of allylic oxidation sites excluding steroid dienone is 2. The molecule has 0 saturated carbocycles. The van der Waals surface area contributed by atoms with Gasteiger partial charge in [0, 0.05) is 12.0 Å². The summed E-state index contributed by atoms with van der Waals surface area (Å²) in [4.78, 5) is 12.5. The summed E-state index contributed by atoms with van der Waals surface area (Å²) in [5, 5.41) is 0. The predicted molar refractivity (Wildman–Crippen MR) is 92.4 cm³/mol. The van der Waals surface area contributed by atoms with Crippen LogP contribution >= 0.6 is 0 Å². The molecule has 0 fully saturated rings. The molecule has 0 amide bonds. The van der Waals surface area contributed by atoms with Crippen molar-refractivity contribution >= 4 is 21.2 Å². The Morgan fingerprint density at radius 2 is 1.62 bits per heavy atom. The van der Waals surface area contributed by atoms with Crippen LogP contribution in [0, 0.1) is 0 Å². The van der Waals surface area contributed by atoms with Crippen LogP contribution < -0.4 is 4.74 Å². The Balaban J connectivity index is 1.95. The fourth-order valence-corrected chi connectivity index (χ4v) is 3.55. The largest absolute Gasteiger partial charge is 0.453 e. The maximum Gasteiger partial charge on any atom is 0.198 e. The first-order valence-corrected chi connectivity index (χ1v) is 9.49. The van der Waals surface area contributed by atoms with Crippen LogP contribution in [0.5, 0.6) is 5.75 Å². The van der Waals surface area contributed by atoms with Gasteiger partial charge in [-0.3, -0.25) is 4.79 Å². The summed E-state index contributed by atoms with van der Waals surface area (Å²) in [6.45, 7) is 1.62. The van der Waals surface area contributed by atoms with Gasteiger partial charge < -0.3 is 4.74 Å². The van der Waals surface area contributed by atoms with Crippen molar-refractivity contribution in [1.29, 1.82) is 0 Å². The number of ketones is 1. The van der Waals surface area contributed by atoms with E-state index in [-0.39, 0.29) is 11.5 Å². The second-order valence-corrected chi connectivity index (χ2v) is 7.85. The topological polar surface area (TPSA) is 60.4 Å². The Morgan fingerprint density at radius 3 is 2.25 bits per heavy atom. The lowest BCUT2D eigenvalue weighted by Gasteiger charge is -2.09. The zero-order valence-electron chi connectivity index (χ0n) is 13.4. The van der Waals surface area contributed by atoms with Crippen molar-refractivity contribution in [2.45, 2.75) is 24.7 Å². The maximum absolute atomic E-state index is 12.2. The third-order valence-electron chi connectivity index (χ3n) is 4.03. The van der Waals surface area contributed by atoms with Gasteiger partial charge in [-0.25, -0.2) is 8.42 Å². The van der Waals surface area contributed by atoms with Crippen LogP contribution in [0.25, 0.3) is 5.57 Å². The van der Waals surface area contributed by atoms with E-state index in [2.05, 4.69) is 0 Å². The second kappa shape index (κ2) is 6.61. The first-order chi connectivity index (χ1) is 11.5. The molecule has 0 heterocycles. The smallest absolute Gasteiger partial charge is 0.198 e. The number of hydrogen-bond donors (Lipinski definition) is 0. The van der Waals surface area contributed by atoms with E-state index < -0.39 is 9.84 Å². The predicted octanol–water partition coefficient (Wildman–Crippen LogP) is 3.63. The molecule has 0 radical (unpaired) electrons. The van der Waals surface area contributed by atoms with Crippen LogP contribution in [0.1, 0.15) is 25.3 Å². The average Bonchev–Trinajstić information content (AvgIpc) is 2.97. The van der Waals surface area contributed by atoms with E-state index in [1.54, 1.807) is 43.3 Å². The van der Waals surface area contributed by atoms with E-state index in [1.807, 2.05) is 18.2 Å². The maximum atomic E-state index is 12.2. The normalized spacial score (nSPS) is 15.0. The van der Waals surface area contributed by atoms with Crippen molar-refractivity contribution in [2.75, 3.05) is 5.75 Å². The van der Waals surface area contributed by atoms with Crippen LogP contribution in [0.4, 0.5) is 0 Å². The molecule has 0 aliphatic heterocycles. The lowest BCUT2D eigenvalue weighted by molar-refractivity contribution is -0.116. The van der Waals surface area contributed by atoms with E-state index in [1.165, 1.54) is 0 Å². The van der Waals surface area contributed by atoms with Crippen molar-refractivity contribution in [3.63, 3.8) is 0 Å². The molecular weight excluding hydrogens is 324 g/mol. The highest BCUT2D eigenvalue weighted by Crippen LogP contribution is 2.33. The number of Topliss-reactive ketones (excluding diaryl/α,β-unsaturated/α-hetero) is 1. The van der Waals surface area contributed by atoms with Gasteiger partial charge in [0.2, 0.25) is 0 Å². The van der Waals surface area contributed by atoms with Crippen LogP contribution in [0.2, 0.25) is 0 Å². The number of rotatable bonds is 5. The van der Waals surface area contributed by atoms with Gasteiger partial charge in [-0.05, 0) is 36.2 Å². The Kier molecular flexibility index (Phi) is 4.53. The quantitative estimate of drug-likeness (QED) is 0.832. The van der Waals surface area contributed by atoms with Crippen LogP contribution in [0.15, 0.2) is 65.3 Å². The zero-order valence-corrected chi connectivity index (χ0v) is 14.2. The number of hydrogen-bond acceptors (Lipinski definition) is 4. The highest BCUT2D eigenvalue weighted by atomic mass is 32.2. The van der Waals surface area contributed by atoms with Crippen LogP contribution in [-0.4, -0.2) is 20.0 Å². The van der Waals surface area contributed by atoms with E-state index >= 15 is 0 Å². The standard InChI is InChI=1S/C19H18O4S/c1-2-24(21,22)16-10-8-14(9-11-16)17-12-13-18(20)19(17)23-15-6-4-3-5-7-15/h3-11H,2,12-13H2,1H3. The van der Waals surface area contributed by atoms with Gasteiger partial charge in [0.15, 0.2) is 21.4 Å². The minimum atomic E-state index is -3.23. The van der Waals surface area contributed by atoms with Gasteiger partial charge in [0.1, 0.15) is 5.75 Å². The highest BCUT2D eigenvalue weighted by molar-refractivity contribution is 7.91. The molecule has 24 heavy (non-hydrogen) atoms. The molecule has 0 atom stereocenters. The molecule has 5 heteroatoms. The lowest BCUT2D eigenvalue weighted by atomic mass is 10.1. The van der Waals surface area contributed by atoms with Crippen molar-refractivity contribution in [3.05, 3.63) is 65.9 Å². The molecule has 1 aliphatic rings. The SMILES string of the molecule is CCS(=O)(=O)c1ccc(C2=C(Oc3ccccc3)C(=O)CC2)cc1. The molecule has 0 aromatic heterocycles. The summed E-state index contributed by atoms with van der Waals surface area (Å²) < 4.78 is 29.6. The molecule has 0 saturated heterocycles. The molecule has 0 N–H and O–H groups in total. The fraction of sp³-hybridized carbons (Fsp3) is 0.211. The van der Waals surface area contributed by atoms with Crippen molar-refractivity contribution in [2.24, 2.45) is 0 Å². The minimum absolute atomic E-state index is 0.0286. The van der Waals surface area contributed by atoms with Gasteiger partial charge in [-0.2, -0.15) is 0 Å². The molecule has 4 nitrogen and oxygen atoms in total. The van der Waals surface area contributed by atoms with Crippen molar-refractivity contribution < 1.29 is 17.9 Å².